The predicted molar refractivity (Wildman–Crippen MR) is 51.5 cm³/mol. The maximum atomic E-state index is 7.27. The fraction of sp³-hybridized carbons (Fsp3) is 0.300. The number of nitrogens with two attached hydrogens (primary N) is 1. The summed E-state index contributed by atoms with van der Waals surface area (Å²) in [4.78, 5) is 0. The van der Waals surface area contributed by atoms with Crippen molar-refractivity contribution < 1.29 is 0 Å². The van der Waals surface area contributed by atoms with Gasteiger partial charge in [0.1, 0.15) is 0 Å². The molecule has 12 heavy (non-hydrogen) atoms. The molecule has 0 saturated heterocycles. The van der Waals surface area contributed by atoms with Gasteiger partial charge in [0.05, 0.1) is 5.84 Å². The lowest BCUT2D eigenvalue weighted by Gasteiger charge is -2.09. The maximum Gasteiger partial charge on any atom is 0.0979 e. The highest BCUT2D eigenvalue weighted by Gasteiger charge is 2.06. The number of benzene rings is 1. The lowest BCUT2D eigenvalue weighted by atomic mass is 9.99. The molecule has 1 aromatic carbocycles. The molecule has 0 aromatic heterocycles. The summed E-state index contributed by atoms with van der Waals surface area (Å²) < 4.78 is 0. The van der Waals surface area contributed by atoms with Crippen LogP contribution in [0.5, 0.6) is 0 Å². The Kier molecular flexibility index (Phi) is 2.48. The molecule has 64 valence electrons. The van der Waals surface area contributed by atoms with Crippen LogP contribution in [0.1, 0.15) is 24.0 Å². The summed E-state index contributed by atoms with van der Waals surface area (Å²) in [6.45, 7) is 3.98. The van der Waals surface area contributed by atoms with Gasteiger partial charge in [0.2, 0.25) is 0 Å². The van der Waals surface area contributed by atoms with Gasteiger partial charge < -0.3 is 5.73 Å². The lowest BCUT2D eigenvalue weighted by molar-refractivity contribution is 0.990. The quantitative estimate of drug-likeness (QED) is 0.507. The van der Waals surface area contributed by atoms with Gasteiger partial charge in [-0.3, -0.25) is 5.41 Å². The Morgan fingerprint density at radius 3 is 2.25 bits per heavy atom. The first-order valence-electron chi connectivity index (χ1n) is 4.01. The summed E-state index contributed by atoms with van der Waals surface area (Å²) in [5, 5.41) is 7.27. The second-order valence-corrected chi connectivity index (χ2v) is 3.09. The van der Waals surface area contributed by atoms with E-state index in [0.717, 1.165) is 5.56 Å². The van der Waals surface area contributed by atoms with Gasteiger partial charge in [0.15, 0.2) is 0 Å². The van der Waals surface area contributed by atoms with Gasteiger partial charge in [-0.25, -0.2) is 0 Å². The van der Waals surface area contributed by atoms with Crippen LogP contribution >= 0.6 is 0 Å². The van der Waals surface area contributed by atoms with Crippen LogP contribution in [0.4, 0.5) is 0 Å². The monoisotopic (exact) mass is 162 g/mol. The summed E-state index contributed by atoms with van der Waals surface area (Å²) >= 11 is 0. The predicted octanol–water partition coefficient (Wildman–Crippen LogP) is 2.03. The van der Waals surface area contributed by atoms with Gasteiger partial charge in [0.25, 0.3) is 0 Å². The number of hydrogen-bond donors (Lipinski definition) is 2. The van der Waals surface area contributed by atoms with Gasteiger partial charge in [-0.2, -0.15) is 0 Å². The van der Waals surface area contributed by atoms with Crippen molar-refractivity contribution in [1.82, 2.24) is 0 Å². The SMILES string of the molecule is Cc1ccc(C(C)C(=N)N)cc1. The third kappa shape index (κ3) is 1.84. The van der Waals surface area contributed by atoms with Crippen molar-refractivity contribution in [2.45, 2.75) is 19.8 Å². The molecule has 0 bridgehead atoms. The summed E-state index contributed by atoms with van der Waals surface area (Å²) in [5.41, 5.74) is 7.73. The van der Waals surface area contributed by atoms with E-state index in [-0.39, 0.29) is 11.8 Å². The first-order chi connectivity index (χ1) is 5.61. The number of rotatable bonds is 2. The Labute approximate surface area is 72.9 Å². The van der Waals surface area contributed by atoms with Crippen LogP contribution in [0.2, 0.25) is 0 Å². The van der Waals surface area contributed by atoms with Crippen molar-refractivity contribution in [2.75, 3.05) is 0 Å². The average Bonchev–Trinajstić information content (AvgIpc) is 2.04. The second kappa shape index (κ2) is 3.39. The van der Waals surface area contributed by atoms with Crippen molar-refractivity contribution in [3.05, 3.63) is 35.4 Å². The molecule has 0 radical (unpaired) electrons. The first-order valence-corrected chi connectivity index (χ1v) is 4.01. The molecule has 0 aliphatic heterocycles. The third-order valence-electron chi connectivity index (χ3n) is 2.04. The number of aryl methyl sites for hydroxylation is 1. The van der Waals surface area contributed by atoms with Crippen molar-refractivity contribution in [3.63, 3.8) is 0 Å². The highest BCUT2D eigenvalue weighted by molar-refractivity contribution is 5.84. The summed E-state index contributed by atoms with van der Waals surface area (Å²) in [7, 11) is 0. The van der Waals surface area contributed by atoms with Gasteiger partial charge in [-0.1, -0.05) is 36.8 Å². The van der Waals surface area contributed by atoms with Gasteiger partial charge in [0, 0.05) is 5.92 Å². The van der Waals surface area contributed by atoms with Crippen molar-refractivity contribution in [2.24, 2.45) is 5.73 Å². The van der Waals surface area contributed by atoms with E-state index >= 15 is 0 Å². The average molecular weight is 162 g/mol. The molecule has 0 aliphatic rings. The molecular weight excluding hydrogens is 148 g/mol. The number of hydrogen-bond acceptors (Lipinski definition) is 1. The molecule has 0 saturated carbocycles. The van der Waals surface area contributed by atoms with Crippen LogP contribution in [0.25, 0.3) is 0 Å². The molecular formula is C10H14N2. The van der Waals surface area contributed by atoms with Crippen LogP contribution in [0.15, 0.2) is 24.3 Å². The zero-order chi connectivity index (χ0) is 9.14. The highest BCUT2D eigenvalue weighted by Crippen LogP contribution is 2.14. The van der Waals surface area contributed by atoms with Crippen LogP contribution in [-0.2, 0) is 0 Å². The summed E-state index contributed by atoms with van der Waals surface area (Å²) in [6, 6.07) is 8.10. The van der Waals surface area contributed by atoms with Crippen LogP contribution < -0.4 is 5.73 Å². The Bertz CT molecular complexity index is 274. The van der Waals surface area contributed by atoms with E-state index in [9.17, 15) is 0 Å². The van der Waals surface area contributed by atoms with E-state index in [0.29, 0.717) is 0 Å². The molecule has 0 heterocycles. The standard InChI is InChI=1S/C10H14N2/c1-7-3-5-9(6-4-7)8(2)10(11)12/h3-6,8H,1-2H3,(H3,11,12). The summed E-state index contributed by atoms with van der Waals surface area (Å²) in [5.74, 6) is 0.254. The van der Waals surface area contributed by atoms with E-state index in [1.165, 1.54) is 5.56 Å². The van der Waals surface area contributed by atoms with Gasteiger partial charge in [-0.05, 0) is 12.5 Å². The maximum absolute atomic E-state index is 7.27. The molecule has 2 heteroatoms. The van der Waals surface area contributed by atoms with E-state index in [1.807, 2.05) is 38.1 Å². The molecule has 3 N–H and O–H groups in total. The fourth-order valence-electron chi connectivity index (χ4n) is 1.03. The normalized spacial score (nSPS) is 12.5. The Morgan fingerprint density at radius 2 is 1.83 bits per heavy atom. The van der Waals surface area contributed by atoms with E-state index in [2.05, 4.69) is 0 Å². The van der Waals surface area contributed by atoms with Crippen molar-refractivity contribution in [1.29, 1.82) is 5.41 Å². The minimum atomic E-state index is 0.0330. The molecule has 0 amide bonds. The molecule has 1 unspecified atom stereocenters. The Hall–Kier alpha value is -1.31. The van der Waals surface area contributed by atoms with Gasteiger partial charge in [-0.15, -0.1) is 0 Å². The number of amidine groups is 1. The smallest absolute Gasteiger partial charge is 0.0979 e. The van der Waals surface area contributed by atoms with E-state index < -0.39 is 0 Å². The molecule has 1 atom stereocenters. The minimum absolute atomic E-state index is 0.0330. The van der Waals surface area contributed by atoms with Crippen LogP contribution in [-0.4, -0.2) is 5.84 Å². The Balaban J connectivity index is 2.89. The van der Waals surface area contributed by atoms with E-state index in [1.54, 1.807) is 0 Å². The Morgan fingerprint density at radius 1 is 1.33 bits per heavy atom. The largest absolute Gasteiger partial charge is 0.387 e. The molecule has 0 spiro atoms. The zero-order valence-electron chi connectivity index (χ0n) is 7.46. The van der Waals surface area contributed by atoms with Crippen molar-refractivity contribution in [3.8, 4) is 0 Å². The highest BCUT2D eigenvalue weighted by atomic mass is 14.7. The van der Waals surface area contributed by atoms with Crippen LogP contribution in [0.3, 0.4) is 0 Å². The molecule has 1 aromatic rings. The fourth-order valence-corrected chi connectivity index (χ4v) is 1.03. The van der Waals surface area contributed by atoms with Gasteiger partial charge >= 0.3 is 0 Å². The zero-order valence-corrected chi connectivity index (χ0v) is 7.46. The third-order valence-corrected chi connectivity index (χ3v) is 2.04. The molecule has 0 fully saturated rings. The number of nitrogens with one attached hydrogen (secondary N) is 1. The molecule has 0 aliphatic carbocycles. The molecule has 1 rings (SSSR count). The second-order valence-electron chi connectivity index (χ2n) is 3.09. The first kappa shape index (κ1) is 8.78. The lowest BCUT2D eigenvalue weighted by Crippen LogP contribution is -2.17. The van der Waals surface area contributed by atoms with Crippen LogP contribution in [0, 0.1) is 12.3 Å². The minimum Gasteiger partial charge on any atom is -0.387 e. The topological polar surface area (TPSA) is 49.9 Å². The summed E-state index contributed by atoms with van der Waals surface area (Å²) in [6.07, 6.45) is 0. The van der Waals surface area contributed by atoms with Crippen molar-refractivity contribution >= 4 is 5.84 Å². The molecule has 2 nitrogen and oxygen atoms in total. The van der Waals surface area contributed by atoms with E-state index in [4.69, 9.17) is 11.1 Å².